The standard InChI is InChI=1S/C21H24F3N7O/c1-11-19(32)31-8-4-5-14-17(31)18(30(11)2)29-20(27-14)26-13-9-12(10-13)25-16-7-3-6-15(28-16)21(22,23)24/h3,6-7,11-13H,4-5,8-10H2,1-2H3,(H,25,28)(H,26,27,29)/t11-,12-,13-/m0/s1. The molecule has 1 atom stereocenters. The van der Waals surface area contributed by atoms with Crippen LogP contribution in [0.2, 0.25) is 0 Å². The van der Waals surface area contributed by atoms with Gasteiger partial charge in [-0.15, -0.1) is 0 Å². The monoisotopic (exact) mass is 447 g/mol. The Kier molecular flexibility index (Phi) is 4.86. The van der Waals surface area contributed by atoms with Crippen molar-refractivity contribution in [3.63, 3.8) is 0 Å². The van der Waals surface area contributed by atoms with E-state index in [0.717, 1.165) is 36.1 Å². The third-order valence-corrected chi connectivity index (χ3v) is 6.40. The number of nitrogens with zero attached hydrogens (tertiary/aromatic N) is 5. The Morgan fingerprint density at radius 2 is 1.84 bits per heavy atom. The molecular formula is C21H24F3N7O. The summed E-state index contributed by atoms with van der Waals surface area (Å²) >= 11 is 0. The molecule has 170 valence electrons. The van der Waals surface area contributed by atoms with Gasteiger partial charge in [-0.3, -0.25) is 4.79 Å². The maximum absolute atomic E-state index is 12.8. The number of hydrogen-bond donors (Lipinski definition) is 2. The highest BCUT2D eigenvalue weighted by atomic mass is 19.4. The zero-order valence-electron chi connectivity index (χ0n) is 17.8. The molecule has 1 aliphatic carbocycles. The predicted molar refractivity (Wildman–Crippen MR) is 114 cm³/mol. The third-order valence-electron chi connectivity index (χ3n) is 6.40. The lowest BCUT2D eigenvalue weighted by Gasteiger charge is -2.42. The van der Waals surface area contributed by atoms with Crippen LogP contribution in [0, 0.1) is 0 Å². The van der Waals surface area contributed by atoms with Gasteiger partial charge in [0.15, 0.2) is 5.82 Å². The van der Waals surface area contributed by atoms with Crippen LogP contribution in [0.5, 0.6) is 0 Å². The van der Waals surface area contributed by atoms with E-state index in [2.05, 4.69) is 20.6 Å². The molecule has 2 aromatic heterocycles. The Morgan fingerprint density at radius 1 is 1.09 bits per heavy atom. The zero-order valence-corrected chi connectivity index (χ0v) is 17.8. The average molecular weight is 447 g/mol. The van der Waals surface area contributed by atoms with Gasteiger partial charge in [-0.1, -0.05) is 6.07 Å². The first-order chi connectivity index (χ1) is 15.2. The van der Waals surface area contributed by atoms with Crippen molar-refractivity contribution in [3.8, 4) is 0 Å². The summed E-state index contributed by atoms with van der Waals surface area (Å²) in [7, 11) is 1.87. The van der Waals surface area contributed by atoms with Gasteiger partial charge in [0.05, 0.1) is 5.69 Å². The number of halogens is 3. The maximum Gasteiger partial charge on any atom is 0.433 e. The summed E-state index contributed by atoms with van der Waals surface area (Å²) in [6, 6.07) is 3.70. The molecule has 4 heterocycles. The highest BCUT2D eigenvalue weighted by Crippen LogP contribution is 2.40. The maximum atomic E-state index is 12.8. The number of carbonyl (C=O) groups excluding carboxylic acids is 1. The number of aryl methyl sites for hydroxylation is 1. The summed E-state index contributed by atoms with van der Waals surface area (Å²) in [4.78, 5) is 29.3. The van der Waals surface area contributed by atoms with E-state index in [-0.39, 0.29) is 29.9 Å². The molecule has 1 fully saturated rings. The largest absolute Gasteiger partial charge is 0.433 e. The minimum Gasteiger partial charge on any atom is -0.367 e. The van der Waals surface area contributed by atoms with Gasteiger partial charge >= 0.3 is 6.18 Å². The first-order valence-electron chi connectivity index (χ1n) is 10.7. The molecular weight excluding hydrogens is 423 g/mol. The van der Waals surface area contributed by atoms with E-state index in [1.165, 1.54) is 12.1 Å². The van der Waals surface area contributed by atoms with Gasteiger partial charge in [0.1, 0.15) is 23.2 Å². The van der Waals surface area contributed by atoms with Gasteiger partial charge in [0.25, 0.3) is 0 Å². The zero-order chi connectivity index (χ0) is 22.6. The molecule has 2 N–H and O–H groups in total. The second kappa shape index (κ2) is 7.49. The molecule has 11 heteroatoms. The lowest BCUT2D eigenvalue weighted by Crippen LogP contribution is -2.53. The van der Waals surface area contributed by atoms with Crippen molar-refractivity contribution in [2.24, 2.45) is 0 Å². The Labute approximate surface area is 183 Å². The molecule has 0 bridgehead atoms. The lowest BCUT2D eigenvalue weighted by molar-refractivity contribution is -0.141. The molecule has 0 unspecified atom stereocenters. The van der Waals surface area contributed by atoms with E-state index >= 15 is 0 Å². The number of amides is 1. The van der Waals surface area contributed by atoms with Crippen LogP contribution in [-0.2, 0) is 17.4 Å². The van der Waals surface area contributed by atoms with Gasteiger partial charge in [0, 0.05) is 25.7 Å². The van der Waals surface area contributed by atoms with Crippen molar-refractivity contribution >= 4 is 29.2 Å². The van der Waals surface area contributed by atoms with Crippen molar-refractivity contribution in [2.45, 2.75) is 56.9 Å². The minimum absolute atomic E-state index is 0.0234. The SMILES string of the molecule is C[C@H]1C(=O)N2CCCc3nc(N[C@H]4C[C@H](Nc5cccc(C(F)(F)F)n5)C4)nc(c32)N1C. The van der Waals surface area contributed by atoms with Crippen molar-refractivity contribution in [2.75, 3.05) is 34.0 Å². The quantitative estimate of drug-likeness (QED) is 0.745. The molecule has 3 aliphatic rings. The van der Waals surface area contributed by atoms with E-state index in [0.29, 0.717) is 25.3 Å². The van der Waals surface area contributed by atoms with Crippen LogP contribution in [0.4, 0.5) is 36.4 Å². The molecule has 0 spiro atoms. The molecule has 2 aromatic rings. The fourth-order valence-corrected chi connectivity index (χ4v) is 4.48. The summed E-state index contributed by atoms with van der Waals surface area (Å²) in [5, 5.41) is 6.41. The number of likely N-dealkylation sites (N-methyl/N-ethyl adjacent to an activating group) is 1. The number of nitrogens with one attached hydrogen (secondary N) is 2. The first kappa shape index (κ1) is 20.8. The normalized spacial score (nSPS) is 24.7. The molecule has 0 radical (unpaired) electrons. The van der Waals surface area contributed by atoms with Crippen LogP contribution < -0.4 is 20.4 Å². The summed E-state index contributed by atoms with van der Waals surface area (Å²) in [5.41, 5.74) is 0.785. The molecule has 2 aliphatic heterocycles. The number of aromatic nitrogens is 3. The Bertz CT molecular complexity index is 1050. The predicted octanol–water partition coefficient (Wildman–Crippen LogP) is 3.06. The molecule has 1 amide bonds. The molecule has 5 rings (SSSR count). The summed E-state index contributed by atoms with van der Waals surface area (Å²) < 4.78 is 38.5. The topological polar surface area (TPSA) is 86.3 Å². The van der Waals surface area contributed by atoms with Gasteiger partial charge in [0.2, 0.25) is 11.9 Å². The van der Waals surface area contributed by atoms with Gasteiger partial charge in [-0.25, -0.2) is 9.97 Å². The van der Waals surface area contributed by atoms with Crippen LogP contribution in [0.3, 0.4) is 0 Å². The molecule has 8 nitrogen and oxygen atoms in total. The van der Waals surface area contributed by atoms with Crippen LogP contribution in [0.1, 0.15) is 37.6 Å². The summed E-state index contributed by atoms with van der Waals surface area (Å²) in [5.74, 6) is 1.57. The Hall–Kier alpha value is -3.11. The Balaban J connectivity index is 1.26. The van der Waals surface area contributed by atoms with Crippen molar-refractivity contribution in [3.05, 3.63) is 29.6 Å². The van der Waals surface area contributed by atoms with Crippen LogP contribution in [0.15, 0.2) is 18.2 Å². The highest BCUT2D eigenvalue weighted by Gasteiger charge is 2.39. The summed E-state index contributed by atoms with van der Waals surface area (Å²) in [6.45, 7) is 2.56. The van der Waals surface area contributed by atoms with E-state index in [1.54, 1.807) is 4.90 Å². The Morgan fingerprint density at radius 3 is 2.59 bits per heavy atom. The van der Waals surface area contributed by atoms with Crippen LogP contribution in [0.25, 0.3) is 0 Å². The second-order valence-corrected chi connectivity index (χ2v) is 8.61. The second-order valence-electron chi connectivity index (χ2n) is 8.61. The van der Waals surface area contributed by atoms with E-state index in [1.807, 2.05) is 18.9 Å². The number of anilines is 4. The molecule has 32 heavy (non-hydrogen) atoms. The molecule has 0 saturated heterocycles. The fourth-order valence-electron chi connectivity index (χ4n) is 4.48. The highest BCUT2D eigenvalue weighted by molar-refractivity contribution is 6.05. The summed E-state index contributed by atoms with van der Waals surface area (Å²) in [6.07, 6.45) is -1.38. The fraction of sp³-hybridized carbons (Fsp3) is 0.524. The first-order valence-corrected chi connectivity index (χ1v) is 10.7. The van der Waals surface area contributed by atoms with Crippen molar-refractivity contribution in [1.82, 2.24) is 15.0 Å². The smallest absolute Gasteiger partial charge is 0.367 e. The van der Waals surface area contributed by atoms with Crippen molar-refractivity contribution in [1.29, 1.82) is 0 Å². The van der Waals surface area contributed by atoms with E-state index in [4.69, 9.17) is 4.98 Å². The number of carbonyl (C=O) groups is 1. The number of hydrogen-bond acceptors (Lipinski definition) is 7. The minimum atomic E-state index is -4.46. The van der Waals surface area contributed by atoms with Gasteiger partial charge < -0.3 is 20.4 Å². The third kappa shape index (κ3) is 3.59. The average Bonchev–Trinajstić information content (AvgIpc) is 2.73. The number of pyridine rings is 1. The van der Waals surface area contributed by atoms with Crippen LogP contribution >= 0.6 is 0 Å². The van der Waals surface area contributed by atoms with Gasteiger partial charge in [-0.2, -0.15) is 18.2 Å². The van der Waals surface area contributed by atoms with Gasteiger partial charge in [-0.05, 0) is 44.7 Å². The molecule has 1 saturated carbocycles. The number of alkyl halides is 3. The molecule has 0 aromatic carbocycles. The van der Waals surface area contributed by atoms with Crippen molar-refractivity contribution < 1.29 is 18.0 Å². The lowest BCUT2D eigenvalue weighted by atomic mass is 9.87. The van der Waals surface area contributed by atoms with E-state index in [9.17, 15) is 18.0 Å². The van der Waals surface area contributed by atoms with E-state index < -0.39 is 11.9 Å². The van der Waals surface area contributed by atoms with Crippen LogP contribution in [-0.4, -0.2) is 52.6 Å². The number of rotatable bonds is 4.